The van der Waals surface area contributed by atoms with E-state index in [4.69, 9.17) is 0 Å². The summed E-state index contributed by atoms with van der Waals surface area (Å²) < 4.78 is 0. The van der Waals surface area contributed by atoms with Gasteiger partial charge < -0.3 is 10.2 Å². The monoisotopic (exact) mass is 270 g/mol. The van der Waals surface area contributed by atoms with Crippen LogP contribution in [0.3, 0.4) is 0 Å². The highest BCUT2D eigenvalue weighted by molar-refractivity contribution is 5.73. The average Bonchev–Trinajstić information content (AvgIpc) is 2.43. The molecular formula is C18H22O2. The standard InChI is InChI=1S/C18H22O2/c1-3-6-13-8-5-9-14(10-13)16-11-15(7-4-2)17(19)12-18(16)20/h5,8-12,19-20H,3-4,6-7H2,1-2H3. The van der Waals surface area contributed by atoms with Crippen LogP contribution in [0.25, 0.3) is 11.1 Å². The third-order valence-corrected chi connectivity index (χ3v) is 3.49. The van der Waals surface area contributed by atoms with Gasteiger partial charge in [0.2, 0.25) is 0 Å². The van der Waals surface area contributed by atoms with Gasteiger partial charge in [-0.3, -0.25) is 0 Å². The van der Waals surface area contributed by atoms with Crippen LogP contribution in [0.1, 0.15) is 37.8 Å². The van der Waals surface area contributed by atoms with Crippen molar-refractivity contribution in [3.63, 3.8) is 0 Å². The van der Waals surface area contributed by atoms with Gasteiger partial charge in [0.05, 0.1) is 0 Å². The summed E-state index contributed by atoms with van der Waals surface area (Å²) in [6, 6.07) is 11.6. The van der Waals surface area contributed by atoms with Crippen LogP contribution in [0.2, 0.25) is 0 Å². The molecule has 2 heteroatoms. The third-order valence-electron chi connectivity index (χ3n) is 3.49. The highest BCUT2D eigenvalue weighted by atomic mass is 16.3. The van der Waals surface area contributed by atoms with Crippen LogP contribution < -0.4 is 0 Å². The molecule has 0 fully saturated rings. The molecule has 0 radical (unpaired) electrons. The van der Waals surface area contributed by atoms with E-state index in [-0.39, 0.29) is 11.5 Å². The number of hydrogen-bond acceptors (Lipinski definition) is 2. The fourth-order valence-electron chi connectivity index (χ4n) is 2.51. The molecule has 0 saturated carbocycles. The van der Waals surface area contributed by atoms with Gasteiger partial charge in [-0.1, -0.05) is 51.0 Å². The van der Waals surface area contributed by atoms with Crippen molar-refractivity contribution in [2.45, 2.75) is 39.5 Å². The summed E-state index contributed by atoms with van der Waals surface area (Å²) in [4.78, 5) is 0. The Hall–Kier alpha value is -1.96. The van der Waals surface area contributed by atoms with Gasteiger partial charge in [-0.15, -0.1) is 0 Å². The molecule has 0 atom stereocenters. The number of phenols is 2. The topological polar surface area (TPSA) is 40.5 Å². The zero-order valence-corrected chi connectivity index (χ0v) is 12.2. The van der Waals surface area contributed by atoms with Crippen molar-refractivity contribution >= 4 is 0 Å². The van der Waals surface area contributed by atoms with Crippen molar-refractivity contribution < 1.29 is 10.2 Å². The number of aromatic hydroxyl groups is 2. The number of hydrogen-bond donors (Lipinski definition) is 2. The molecule has 0 aliphatic carbocycles. The summed E-state index contributed by atoms with van der Waals surface area (Å²) in [6.45, 7) is 4.23. The minimum atomic E-state index is 0.135. The first-order valence-corrected chi connectivity index (χ1v) is 7.29. The second kappa shape index (κ2) is 6.47. The number of rotatable bonds is 5. The lowest BCUT2D eigenvalue weighted by Crippen LogP contribution is -1.89. The first-order valence-electron chi connectivity index (χ1n) is 7.29. The predicted molar refractivity (Wildman–Crippen MR) is 83.2 cm³/mol. The number of benzene rings is 2. The van der Waals surface area contributed by atoms with Gasteiger partial charge in [0.25, 0.3) is 0 Å². The molecule has 0 spiro atoms. The molecule has 0 unspecified atom stereocenters. The molecule has 0 amide bonds. The molecule has 0 heterocycles. The minimum Gasteiger partial charge on any atom is -0.508 e. The number of phenolic OH excluding ortho intramolecular Hbond substituents is 2. The van der Waals surface area contributed by atoms with Crippen LogP contribution in [0, 0.1) is 0 Å². The van der Waals surface area contributed by atoms with Gasteiger partial charge in [-0.25, -0.2) is 0 Å². The fraction of sp³-hybridized carbons (Fsp3) is 0.333. The molecule has 0 bridgehead atoms. The summed E-state index contributed by atoms with van der Waals surface area (Å²) in [5, 5.41) is 20.0. The van der Waals surface area contributed by atoms with Gasteiger partial charge in [-0.05, 0) is 35.6 Å². The quantitative estimate of drug-likeness (QED) is 0.828. The highest BCUT2D eigenvalue weighted by Crippen LogP contribution is 2.35. The molecule has 20 heavy (non-hydrogen) atoms. The van der Waals surface area contributed by atoms with Crippen LogP contribution in [0.15, 0.2) is 36.4 Å². The van der Waals surface area contributed by atoms with Gasteiger partial charge in [0, 0.05) is 11.6 Å². The molecule has 2 N–H and O–H groups in total. The van der Waals surface area contributed by atoms with Crippen molar-refractivity contribution in [3.8, 4) is 22.6 Å². The van der Waals surface area contributed by atoms with Crippen LogP contribution in [-0.2, 0) is 12.8 Å². The van der Waals surface area contributed by atoms with Crippen molar-refractivity contribution in [1.82, 2.24) is 0 Å². The van der Waals surface area contributed by atoms with E-state index >= 15 is 0 Å². The first-order chi connectivity index (χ1) is 9.65. The van der Waals surface area contributed by atoms with Crippen molar-refractivity contribution in [2.75, 3.05) is 0 Å². The Labute approximate surface area is 120 Å². The third kappa shape index (κ3) is 3.13. The molecule has 0 saturated heterocycles. The lowest BCUT2D eigenvalue weighted by molar-refractivity contribution is 0.447. The van der Waals surface area contributed by atoms with E-state index in [1.807, 2.05) is 18.2 Å². The molecular weight excluding hydrogens is 248 g/mol. The van der Waals surface area contributed by atoms with E-state index < -0.39 is 0 Å². The Kier molecular flexibility index (Phi) is 4.67. The van der Waals surface area contributed by atoms with Crippen LogP contribution in [-0.4, -0.2) is 10.2 Å². The van der Waals surface area contributed by atoms with E-state index in [0.29, 0.717) is 0 Å². The zero-order valence-electron chi connectivity index (χ0n) is 12.2. The summed E-state index contributed by atoms with van der Waals surface area (Å²) in [5.74, 6) is 0.314. The van der Waals surface area contributed by atoms with E-state index in [2.05, 4.69) is 26.0 Å². The van der Waals surface area contributed by atoms with E-state index in [9.17, 15) is 10.2 Å². The second-order valence-electron chi connectivity index (χ2n) is 5.20. The molecule has 2 nitrogen and oxygen atoms in total. The van der Waals surface area contributed by atoms with Gasteiger partial charge in [0.15, 0.2) is 0 Å². The highest BCUT2D eigenvalue weighted by Gasteiger charge is 2.10. The maximum atomic E-state index is 10.1. The lowest BCUT2D eigenvalue weighted by atomic mass is 9.97. The van der Waals surface area contributed by atoms with Crippen molar-refractivity contribution in [3.05, 3.63) is 47.5 Å². The molecule has 2 rings (SSSR count). The Morgan fingerprint density at radius 1 is 0.850 bits per heavy atom. The Bertz CT molecular complexity index is 588. The average molecular weight is 270 g/mol. The smallest absolute Gasteiger partial charge is 0.127 e. The summed E-state index contributed by atoms with van der Waals surface area (Å²) in [6.07, 6.45) is 3.92. The van der Waals surface area contributed by atoms with Crippen molar-refractivity contribution in [2.24, 2.45) is 0 Å². The molecule has 0 aliphatic rings. The first kappa shape index (κ1) is 14.4. The molecule has 2 aromatic rings. The maximum Gasteiger partial charge on any atom is 0.127 e. The molecule has 0 aromatic heterocycles. The van der Waals surface area contributed by atoms with E-state index in [1.165, 1.54) is 11.6 Å². The van der Waals surface area contributed by atoms with Gasteiger partial charge >= 0.3 is 0 Å². The second-order valence-corrected chi connectivity index (χ2v) is 5.20. The molecule has 106 valence electrons. The Balaban J connectivity index is 2.45. The predicted octanol–water partition coefficient (Wildman–Crippen LogP) is 4.67. The lowest BCUT2D eigenvalue weighted by Gasteiger charge is -2.11. The normalized spacial score (nSPS) is 10.7. The summed E-state index contributed by atoms with van der Waals surface area (Å²) in [7, 11) is 0. The largest absolute Gasteiger partial charge is 0.508 e. The molecule has 2 aromatic carbocycles. The Morgan fingerprint density at radius 3 is 2.30 bits per heavy atom. The minimum absolute atomic E-state index is 0.135. The molecule has 0 aliphatic heterocycles. The SMILES string of the molecule is CCCc1cccc(-c2cc(CCC)c(O)cc2O)c1. The summed E-state index contributed by atoms with van der Waals surface area (Å²) >= 11 is 0. The van der Waals surface area contributed by atoms with Crippen LogP contribution >= 0.6 is 0 Å². The van der Waals surface area contributed by atoms with Gasteiger partial charge in [0.1, 0.15) is 11.5 Å². The fourth-order valence-corrected chi connectivity index (χ4v) is 2.51. The van der Waals surface area contributed by atoms with E-state index in [0.717, 1.165) is 42.4 Å². The van der Waals surface area contributed by atoms with Crippen LogP contribution in [0.4, 0.5) is 0 Å². The van der Waals surface area contributed by atoms with Crippen LogP contribution in [0.5, 0.6) is 11.5 Å². The maximum absolute atomic E-state index is 10.1. The zero-order chi connectivity index (χ0) is 14.5. The van der Waals surface area contributed by atoms with Gasteiger partial charge in [-0.2, -0.15) is 0 Å². The van der Waals surface area contributed by atoms with E-state index in [1.54, 1.807) is 0 Å². The number of aryl methyl sites for hydroxylation is 2. The van der Waals surface area contributed by atoms with Crippen molar-refractivity contribution in [1.29, 1.82) is 0 Å². The summed E-state index contributed by atoms with van der Waals surface area (Å²) in [5.41, 5.74) is 3.96. The Morgan fingerprint density at radius 2 is 1.60 bits per heavy atom.